The van der Waals surface area contributed by atoms with E-state index in [2.05, 4.69) is 25.0 Å². The molecule has 2 unspecified atom stereocenters. The topological polar surface area (TPSA) is 127 Å². The standard InChI is InChI=1S/C30H36F2N8O3/c31-20-1-4-25(32)23(13-20)24-16-39(17-26(24)33)29-34-14-19(15-35-29)28(41)40(21-2-3-21)22-5-9-38(10-6-22)30-36-27(37-43-30)18-7-11-42-12-8-18/h1,4,13-15,18,21-22,24,26H,2-3,5-12,16-17,33H2. The van der Waals surface area contributed by atoms with Gasteiger partial charge in [-0.3, -0.25) is 4.79 Å². The van der Waals surface area contributed by atoms with Gasteiger partial charge in [0.2, 0.25) is 5.95 Å². The predicted molar refractivity (Wildman–Crippen MR) is 153 cm³/mol. The molecule has 11 nitrogen and oxygen atoms in total. The maximum Gasteiger partial charge on any atom is 0.324 e. The van der Waals surface area contributed by atoms with Crippen LogP contribution in [0.15, 0.2) is 35.1 Å². The Morgan fingerprint density at radius 2 is 1.67 bits per heavy atom. The highest BCUT2D eigenvalue weighted by atomic mass is 19.1. The van der Waals surface area contributed by atoms with Crippen LogP contribution in [0.5, 0.6) is 0 Å². The van der Waals surface area contributed by atoms with Crippen LogP contribution < -0.4 is 15.5 Å². The van der Waals surface area contributed by atoms with E-state index in [0.717, 1.165) is 82.8 Å². The summed E-state index contributed by atoms with van der Waals surface area (Å²) in [5, 5.41) is 4.24. The number of carbonyl (C=O) groups is 1. The highest BCUT2D eigenvalue weighted by Crippen LogP contribution is 2.35. The fourth-order valence-electron chi connectivity index (χ4n) is 6.66. The maximum atomic E-state index is 14.4. The number of nitrogens with zero attached hydrogens (tertiary/aromatic N) is 7. The number of piperidine rings is 1. The van der Waals surface area contributed by atoms with E-state index in [1.807, 2.05) is 9.80 Å². The summed E-state index contributed by atoms with van der Waals surface area (Å²) in [6, 6.07) is 3.91. The number of benzene rings is 1. The molecule has 0 bridgehead atoms. The number of carbonyl (C=O) groups excluding carboxylic acids is 1. The first-order valence-corrected chi connectivity index (χ1v) is 15.2. The number of ether oxygens (including phenoxy) is 1. The number of anilines is 2. The SMILES string of the molecule is NC1CN(c2ncc(C(=O)N(C3CC3)C3CCN(c4nc(C5CCOCC5)no4)CC3)cn2)CC1c1cc(F)ccc1F. The normalized spacial score (nSPS) is 23.6. The molecule has 3 saturated heterocycles. The summed E-state index contributed by atoms with van der Waals surface area (Å²) in [5.74, 6) is 0.0149. The fourth-order valence-corrected chi connectivity index (χ4v) is 6.66. The van der Waals surface area contributed by atoms with E-state index >= 15 is 0 Å². The van der Waals surface area contributed by atoms with Gasteiger partial charge in [-0.05, 0) is 62.3 Å². The van der Waals surface area contributed by atoms with Crippen molar-refractivity contribution in [2.75, 3.05) is 49.2 Å². The van der Waals surface area contributed by atoms with Crippen LogP contribution >= 0.6 is 0 Å². The van der Waals surface area contributed by atoms with Gasteiger partial charge >= 0.3 is 6.01 Å². The van der Waals surface area contributed by atoms with Crippen molar-refractivity contribution in [3.05, 3.63) is 59.2 Å². The molecular weight excluding hydrogens is 558 g/mol. The number of rotatable bonds is 7. The van der Waals surface area contributed by atoms with Gasteiger partial charge < -0.3 is 29.7 Å². The summed E-state index contributed by atoms with van der Waals surface area (Å²) in [5.41, 5.74) is 7.01. The quantitative estimate of drug-likeness (QED) is 0.436. The van der Waals surface area contributed by atoms with Crippen LogP contribution in [0.2, 0.25) is 0 Å². The first kappa shape index (κ1) is 28.1. The van der Waals surface area contributed by atoms with Crippen molar-refractivity contribution in [2.24, 2.45) is 5.73 Å². The lowest BCUT2D eigenvalue weighted by molar-refractivity contribution is 0.0628. The molecule has 7 rings (SSSR count). The number of nitrogens with two attached hydrogens (primary N) is 1. The smallest absolute Gasteiger partial charge is 0.324 e. The highest BCUT2D eigenvalue weighted by molar-refractivity contribution is 5.94. The number of aromatic nitrogens is 4. The van der Waals surface area contributed by atoms with E-state index in [-0.39, 0.29) is 29.5 Å². The van der Waals surface area contributed by atoms with Crippen LogP contribution in [-0.2, 0) is 4.74 Å². The van der Waals surface area contributed by atoms with Crippen LogP contribution in [0.25, 0.3) is 0 Å². The second-order valence-corrected chi connectivity index (χ2v) is 12.1. The van der Waals surface area contributed by atoms with E-state index in [0.29, 0.717) is 30.6 Å². The molecule has 0 spiro atoms. The number of halogens is 2. The molecule has 3 aromatic rings. The summed E-state index contributed by atoms with van der Waals surface area (Å²) in [4.78, 5) is 33.4. The Hall–Kier alpha value is -3.71. The van der Waals surface area contributed by atoms with E-state index in [4.69, 9.17) is 15.0 Å². The van der Waals surface area contributed by atoms with Crippen LogP contribution in [0.1, 0.15) is 72.1 Å². The van der Waals surface area contributed by atoms with Gasteiger partial charge in [0.1, 0.15) is 11.6 Å². The fraction of sp³-hybridized carbons (Fsp3) is 0.567. The molecule has 1 aliphatic carbocycles. The third kappa shape index (κ3) is 5.79. The first-order chi connectivity index (χ1) is 20.9. The Labute approximate surface area is 248 Å². The highest BCUT2D eigenvalue weighted by Gasteiger charge is 2.40. The van der Waals surface area contributed by atoms with E-state index in [1.54, 1.807) is 12.4 Å². The zero-order chi connectivity index (χ0) is 29.5. The van der Waals surface area contributed by atoms with Crippen molar-refractivity contribution < 1.29 is 22.8 Å². The van der Waals surface area contributed by atoms with Crippen molar-refractivity contribution in [2.45, 2.75) is 68.5 Å². The van der Waals surface area contributed by atoms with Gasteiger partial charge in [-0.15, -0.1) is 0 Å². The van der Waals surface area contributed by atoms with E-state index in [9.17, 15) is 13.6 Å². The summed E-state index contributed by atoms with van der Waals surface area (Å²) in [6.07, 6.45) is 8.54. The lowest BCUT2D eigenvalue weighted by Crippen LogP contribution is -2.48. The summed E-state index contributed by atoms with van der Waals surface area (Å²) in [7, 11) is 0. The summed E-state index contributed by atoms with van der Waals surface area (Å²) >= 11 is 0. The first-order valence-electron chi connectivity index (χ1n) is 15.2. The van der Waals surface area contributed by atoms with Crippen molar-refractivity contribution in [3.8, 4) is 0 Å². The van der Waals surface area contributed by atoms with Gasteiger partial charge in [0.05, 0.1) is 5.56 Å². The van der Waals surface area contributed by atoms with Crippen molar-refractivity contribution in [1.82, 2.24) is 25.0 Å². The Balaban J connectivity index is 0.984. The number of amides is 1. The molecule has 2 aromatic heterocycles. The molecule has 3 aliphatic heterocycles. The van der Waals surface area contributed by atoms with Crippen molar-refractivity contribution in [1.29, 1.82) is 0 Å². The average Bonchev–Trinajstić information content (AvgIpc) is 3.60. The summed E-state index contributed by atoms with van der Waals surface area (Å²) in [6.45, 7) is 3.67. The molecule has 0 radical (unpaired) electrons. The number of hydrogen-bond donors (Lipinski definition) is 1. The zero-order valence-corrected chi connectivity index (χ0v) is 23.9. The third-order valence-electron chi connectivity index (χ3n) is 9.21. The average molecular weight is 595 g/mol. The second kappa shape index (κ2) is 11.8. The predicted octanol–water partition coefficient (Wildman–Crippen LogP) is 3.24. The monoisotopic (exact) mass is 594 g/mol. The van der Waals surface area contributed by atoms with Gasteiger partial charge in [0, 0.05) is 81.7 Å². The van der Waals surface area contributed by atoms with Crippen LogP contribution in [0, 0.1) is 11.6 Å². The molecule has 228 valence electrons. The van der Waals surface area contributed by atoms with Crippen LogP contribution in [0.4, 0.5) is 20.7 Å². The van der Waals surface area contributed by atoms with Crippen molar-refractivity contribution in [3.63, 3.8) is 0 Å². The molecule has 4 aliphatic rings. The van der Waals surface area contributed by atoms with Gasteiger partial charge in [-0.2, -0.15) is 4.98 Å². The zero-order valence-electron chi connectivity index (χ0n) is 23.9. The molecule has 13 heteroatoms. The minimum atomic E-state index is -0.499. The summed E-state index contributed by atoms with van der Waals surface area (Å²) < 4.78 is 39.3. The van der Waals surface area contributed by atoms with Gasteiger partial charge in [0.25, 0.3) is 5.91 Å². The second-order valence-electron chi connectivity index (χ2n) is 12.1. The van der Waals surface area contributed by atoms with Crippen LogP contribution in [0.3, 0.4) is 0 Å². The maximum absolute atomic E-state index is 14.4. The van der Waals surface area contributed by atoms with Crippen LogP contribution in [-0.4, -0.2) is 88.4 Å². The minimum Gasteiger partial charge on any atom is -0.381 e. The van der Waals surface area contributed by atoms with E-state index in [1.165, 1.54) is 6.07 Å². The van der Waals surface area contributed by atoms with Gasteiger partial charge in [-0.1, -0.05) is 5.16 Å². The molecule has 1 saturated carbocycles. The van der Waals surface area contributed by atoms with E-state index < -0.39 is 23.6 Å². The largest absolute Gasteiger partial charge is 0.381 e. The Bertz CT molecular complexity index is 1440. The van der Waals surface area contributed by atoms with Gasteiger partial charge in [0.15, 0.2) is 5.82 Å². The molecule has 2 N–H and O–H groups in total. The lowest BCUT2D eigenvalue weighted by Gasteiger charge is -2.38. The van der Waals surface area contributed by atoms with Gasteiger partial charge in [-0.25, -0.2) is 18.7 Å². The molecular formula is C30H36F2N8O3. The number of hydrogen-bond acceptors (Lipinski definition) is 10. The van der Waals surface area contributed by atoms with Crippen molar-refractivity contribution >= 4 is 17.9 Å². The lowest BCUT2D eigenvalue weighted by atomic mass is 9.94. The molecule has 43 heavy (non-hydrogen) atoms. The Morgan fingerprint density at radius 3 is 2.40 bits per heavy atom. The Kier molecular flexibility index (Phi) is 7.68. The minimum absolute atomic E-state index is 0.0649. The molecule has 5 heterocycles. The third-order valence-corrected chi connectivity index (χ3v) is 9.21. The Morgan fingerprint density at radius 1 is 0.953 bits per heavy atom. The molecule has 1 amide bonds. The molecule has 4 fully saturated rings. The molecule has 1 aromatic carbocycles. The molecule has 2 atom stereocenters.